The lowest BCUT2D eigenvalue weighted by molar-refractivity contribution is 0.955. The molecule has 0 bridgehead atoms. The van der Waals surface area contributed by atoms with E-state index in [1.165, 1.54) is 31.7 Å². The average Bonchev–Trinajstić information content (AvgIpc) is 2.87. The molecule has 0 radical (unpaired) electrons. The van der Waals surface area contributed by atoms with Crippen molar-refractivity contribution < 1.29 is 0 Å². The lowest BCUT2D eigenvalue weighted by atomic mass is 10.0. The molecule has 3 aromatic rings. The zero-order valence-corrected chi connectivity index (χ0v) is 14.1. The van der Waals surface area contributed by atoms with E-state index in [9.17, 15) is 0 Å². The summed E-state index contributed by atoms with van der Waals surface area (Å²) in [6, 6.07) is 17.6. The van der Waals surface area contributed by atoms with E-state index in [2.05, 4.69) is 78.3 Å². The highest BCUT2D eigenvalue weighted by Crippen LogP contribution is 2.36. The Morgan fingerprint density at radius 2 is 1.85 bits per heavy atom. The number of thiophene rings is 1. The molecule has 0 aliphatic rings. The summed E-state index contributed by atoms with van der Waals surface area (Å²) >= 11 is 5.76. The Bertz CT molecular complexity index is 709. The maximum absolute atomic E-state index is 3.87. The van der Waals surface area contributed by atoms with Crippen molar-refractivity contribution in [2.75, 3.05) is 0 Å². The summed E-state index contributed by atoms with van der Waals surface area (Å²) in [7, 11) is 0. The van der Waals surface area contributed by atoms with E-state index in [0.717, 1.165) is 6.42 Å². The molecule has 1 unspecified atom stereocenters. The van der Waals surface area contributed by atoms with Crippen molar-refractivity contribution in [2.45, 2.75) is 25.1 Å². The third kappa shape index (κ3) is 2.82. The van der Waals surface area contributed by atoms with Crippen LogP contribution in [-0.2, 0) is 6.42 Å². The van der Waals surface area contributed by atoms with Gasteiger partial charge in [0.1, 0.15) is 0 Å². The predicted octanol–water partition coefficient (Wildman–Crippen LogP) is 6.20. The maximum Gasteiger partial charge on any atom is 0.0529 e. The van der Waals surface area contributed by atoms with Crippen molar-refractivity contribution in [2.24, 2.45) is 0 Å². The van der Waals surface area contributed by atoms with Gasteiger partial charge in [0, 0.05) is 9.58 Å². The van der Waals surface area contributed by atoms with Gasteiger partial charge in [-0.2, -0.15) is 0 Å². The van der Waals surface area contributed by atoms with Crippen LogP contribution in [-0.4, -0.2) is 0 Å². The van der Waals surface area contributed by atoms with Gasteiger partial charge in [-0.05, 0) is 48.9 Å². The molecule has 3 rings (SSSR count). The van der Waals surface area contributed by atoms with E-state index in [0.29, 0.717) is 4.83 Å². The Balaban J connectivity index is 1.88. The molecule has 0 aliphatic carbocycles. The minimum absolute atomic E-state index is 0.389. The maximum atomic E-state index is 3.87. The molecule has 2 heteroatoms. The summed E-state index contributed by atoms with van der Waals surface area (Å²) in [5, 5.41) is 1.35. The Morgan fingerprint density at radius 1 is 1.05 bits per heavy atom. The molecule has 0 aliphatic heterocycles. The Morgan fingerprint density at radius 3 is 2.65 bits per heavy atom. The Hall–Kier alpha value is -1.12. The largest absolute Gasteiger partial charge is 0.139 e. The fourth-order valence-electron chi connectivity index (χ4n) is 2.47. The fraction of sp³-hybridized carbons (Fsp3) is 0.222. The number of aryl methyl sites for hydroxylation is 2. The van der Waals surface area contributed by atoms with Gasteiger partial charge in [0.25, 0.3) is 0 Å². The van der Waals surface area contributed by atoms with E-state index in [1.54, 1.807) is 0 Å². The first-order valence-corrected chi connectivity index (χ1v) is 8.55. The second kappa shape index (κ2) is 5.71. The third-order valence-corrected chi connectivity index (χ3v) is 6.01. The van der Waals surface area contributed by atoms with Crippen LogP contribution in [0.2, 0.25) is 0 Å². The lowest BCUT2D eigenvalue weighted by Gasteiger charge is -2.11. The smallest absolute Gasteiger partial charge is 0.0529 e. The third-order valence-electron chi connectivity index (χ3n) is 3.66. The zero-order valence-electron chi connectivity index (χ0n) is 11.7. The summed E-state index contributed by atoms with van der Waals surface area (Å²) in [5.41, 5.74) is 4.15. The number of halogens is 1. The van der Waals surface area contributed by atoms with Gasteiger partial charge < -0.3 is 0 Å². The van der Waals surface area contributed by atoms with Crippen LogP contribution >= 0.6 is 27.3 Å². The molecular weight excluding hydrogens is 328 g/mol. The second-order valence-electron chi connectivity index (χ2n) is 5.29. The van der Waals surface area contributed by atoms with Crippen molar-refractivity contribution >= 4 is 37.4 Å². The van der Waals surface area contributed by atoms with E-state index < -0.39 is 0 Å². The van der Waals surface area contributed by atoms with Crippen LogP contribution in [0.15, 0.2) is 48.5 Å². The molecule has 0 spiro atoms. The summed E-state index contributed by atoms with van der Waals surface area (Å²) in [4.78, 5) is 1.80. The summed E-state index contributed by atoms with van der Waals surface area (Å²) in [5.74, 6) is 0. The molecule has 0 N–H and O–H groups in total. The van der Waals surface area contributed by atoms with Crippen LogP contribution in [0.4, 0.5) is 0 Å². The first-order chi connectivity index (χ1) is 9.63. The first kappa shape index (κ1) is 13.8. The lowest BCUT2D eigenvalue weighted by Crippen LogP contribution is -1.96. The molecule has 1 aromatic heterocycles. The number of fused-ring (bicyclic) bond motifs is 1. The van der Waals surface area contributed by atoms with E-state index in [4.69, 9.17) is 0 Å². The molecule has 20 heavy (non-hydrogen) atoms. The number of alkyl halides is 1. The highest BCUT2D eigenvalue weighted by molar-refractivity contribution is 9.09. The van der Waals surface area contributed by atoms with Crippen molar-refractivity contribution in [1.29, 1.82) is 0 Å². The minimum Gasteiger partial charge on any atom is -0.139 e. The van der Waals surface area contributed by atoms with Crippen LogP contribution in [0.5, 0.6) is 0 Å². The van der Waals surface area contributed by atoms with Crippen LogP contribution < -0.4 is 0 Å². The average molecular weight is 345 g/mol. The Kier molecular flexibility index (Phi) is 3.95. The zero-order chi connectivity index (χ0) is 14.1. The molecule has 1 heterocycles. The van der Waals surface area contributed by atoms with E-state index >= 15 is 0 Å². The van der Waals surface area contributed by atoms with Crippen molar-refractivity contribution in [3.8, 4) is 0 Å². The number of hydrogen-bond donors (Lipinski definition) is 0. The second-order valence-corrected chi connectivity index (χ2v) is 7.51. The highest BCUT2D eigenvalue weighted by Gasteiger charge is 2.13. The molecule has 2 aromatic carbocycles. The van der Waals surface area contributed by atoms with Gasteiger partial charge in [0.05, 0.1) is 4.83 Å². The standard InChI is InChI=1S/C18H17BrS/c1-12-7-8-13(2)15(9-12)10-16(19)18-11-14-5-3-4-6-17(14)20-18/h3-9,11,16H,10H2,1-2H3. The predicted molar refractivity (Wildman–Crippen MR) is 93.1 cm³/mol. The van der Waals surface area contributed by atoms with E-state index in [-0.39, 0.29) is 0 Å². The van der Waals surface area contributed by atoms with Gasteiger partial charge in [-0.3, -0.25) is 0 Å². The van der Waals surface area contributed by atoms with Crippen molar-refractivity contribution in [1.82, 2.24) is 0 Å². The van der Waals surface area contributed by atoms with Crippen LogP contribution in [0, 0.1) is 13.8 Å². The van der Waals surface area contributed by atoms with Gasteiger partial charge in [-0.25, -0.2) is 0 Å². The van der Waals surface area contributed by atoms with Crippen molar-refractivity contribution in [3.05, 3.63) is 70.1 Å². The number of rotatable bonds is 3. The van der Waals surface area contributed by atoms with Crippen LogP contribution in [0.3, 0.4) is 0 Å². The molecule has 0 saturated heterocycles. The van der Waals surface area contributed by atoms with Gasteiger partial charge in [-0.1, -0.05) is 57.9 Å². The highest BCUT2D eigenvalue weighted by atomic mass is 79.9. The van der Waals surface area contributed by atoms with Crippen molar-refractivity contribution in [3.63, 3.8) is 0 Å². The SMILES string of the molecule is Cc1ccc(C)c(CC(Br)c2cc3ccccc3s2)c1. The fourth-order valence-corrected chi connectivity index (χ4v) is 4.27. The molecule has 0 saturated carbocycles. The molecule has 0 nitrogen and oxygen atoms in total. The quantitative estimate of drug-likeness (QED) is 0.496. The van der Waals surface area contributed by atoms with Crippen LogP contribution in [0.25, 0.3) is 10.1 Å². The first-order valence-electron chi connectivity index (χ1n) is 6.82. The van der Waals surface area contributed by atoms with E-state index in [1.807, 2.05) is 11.3 Å². The topological polar surface area (TPSA) is 0 Å². The molecule has 1 atom stereocenters. The molecule has 0 fully saturated rings. The normalized spacial score (nSPS) is 12.8. The summed E-state index contributed by atoms with van der Waals surface area (Å²) < 4.78 is 1.37. The van der Waals surface area contributed by atoms with Gasteiger partial charge in [-0.15, -0.1) is 11.3 Å². The van der Waals surface area contributed by atoms with Gasteiger partial charge >= 0.3 is 0 Å². The van der Waals surface area contributed by atoms with Gasteiger partial charge in [0.15, 0.2) is 0 Å². The molecule has 102 valence electrons. The van der Waals surface area contributed by atoms with Crippen LogP contribution in [0.1, 0.15) is 26.4 Å². The number of benzene rings is 2. The Labute approximate surface area is 132 Å². The summed E-state index contributed by atoms with van der Waals surface area (Å²) in [6.07, 6.45) is 1.04. The minimum atomic E-state index is 0.389. The number of hydrogen-bond acceptors (Lipinski definition) is 1. The van der Waals surface area contributed by atoms with Gasteiger partial charge in [0.2, 0.25) is 0 Å². The molecule has 0 amide bonds. The molecular formula is C18H17BrS. The summed E-state index contributed by atoms with van der Waals surface area (Å²) in [6.45, 7) is 4.35. The monoisotopic (exact) mass is 344 g/mol.